The molecular weight excluding hydrogens is 253 g/mol. The van der Waals surface area contributed by atoms with Gasteiger partial charge in [0.1, 0.15) is 5.71 Å². The second-order valence-electron chi connectivity index (χ2n) is 3.77. The Balaban J connectivity index is 2.57. The highest BCUT2D eigenvalue weighted by Gasteiger charge is 2.29. The molecule has 0 aromatic heterocycles. The highest BCUT2D eigenvalue weighted by molar-refractivity contribution is 6.37. The number of esters is 1. The minimum absolute atomic E-state index is 0.0555. The molecule has 18 heavy (non-hydrogen) atoms. The van der Waals surface area contributed by atoms with Crippen molar-refractivity contribution >= 4 is 17.6 Å². The second-order valence-corrected chi connectivity index (χ2v) is 3.77. The van der Waals surface area contributed by atoms with Crippen LogP contribution in [0.25, 0.3) is 0 Å². The summed E-state index contributed by atoms with van der Waals surface area (Å²) in [4.78, 5) is 22.6. The van der Waals surface area contributed by atoms with E-state index in [1.54, 1.807) is 0 Å². The molecule has 0 N–H and O–H groups in total. The Bertz CT molecular complexity index is 366. The molecule has 1 heterocycles. The van der Waals surface area contributed by atoms with E-state index < -0.39 is 18.6 Å². The first-order chi connectivity index (χ1) is 8.33. The quantitative estimate of drug-likeness (QED) is 0.724. The van der Waals surface area contributed by atoms with Gasteiger partial charge in [-0.1, -0.05) is 0 Å². The zero-order valence-corrected chi connectivity index (χ0v) is 9.79. The fraction of sp³-hybridized carbons (Fsp3) is 0.700. The van der Waals surface area contributed by atoms with Crippen LogP contribution in [0, 0.1) is 0 Å². The van der Waals surface area contributed by atoms with E-state index in [0.717, 1.165) is 5.01 Å². The van der Waals surface area contributed by atoms with Crippen LogP contribution in [-0.2, 0) is 14.3 Å². The molecule has 0 saturated heterocycles. The smallest absolute Gasteiger partial charge is 0.389 e. The number of carbonyl (C=O) groups is 2. The van der Waals surface area contributed by atoms with Crippen molar-refractivity contribution in [3.05, 3.63) is 0 Å². The van der Waals surface area contributed by atoms with Gasteiger partial charge in [-0.15, -0.1) is 0 Å². The summed E-state index contributed by atoms with van der Waals surface area (Å²) in [5, 5.41) is 4.62. The summed E-state index contributed by atoms with van der Waals surface area (Å²) in [5.41, 5.74) is 0.0594. The van der Waals surface area contributed by atoms with Crippen molar-refractivity contribution in [2.24, 2.45) is 5.10 Å². The van der Waals surface area contributed by atoms with Gasteiger partial charge < -0.3 is 4.74 Å². The Morgan fingerprint density at radius 2 is 2.11 bits per heavy atom. The number of nitrogens with zero attached hydrogens (tertiary/aromatic N) is 2. The van der Waals surface area contributed by atoms with Crippen molar-refractivity contribution in [1.29, 1.82) is 0 Å². The minimum atomic E-state index is -4.26. The summed E-state index contributed by atoms with van der Waals surface area (Å²) in [5.74, 6) is -1.05. The predicted molar refractivity (Wildman–Crippen MR) is 55.7 cm³/mol. The molecule has 5 nitrogen and oxygen atoms in total. The molecular formula is C10H13F3N2O3. The lowest BCUT2D eigenvalue weighted by molar-refractivity contribution is -0.141. The number of hydrogen-bond donors (Lipinski definition) is 0. The molecule has 1 rings (SSSR count). The lowest BCUT2D eigenvalue weighted by Crippen LogP contribution is -2.35. The van der Waals surface area contributed by atoms with Crippen LogP contribution in [0.2, 0.25) is 0 Å². The summed E-state index contributed by atoms with van der Waals surface area (Å²) >= 11 is 0. The van der Waals surface area contributed by atoms with Gasteiger partial charge in [0.25, 0.3) is 0 Å². The maximum Gasteiger partial charge on any atom is 0.389 e. The summed E-state index contributed by atoms with van der Waals surface area (Å²) in [6.45, 7) is -0.154. The number of methoxy groups -OCH3 is 1. The Kier molecular flexibility index (Phi) is 4.69. The van der Waals surface area contributed by atoms with Crippen molar-refractivity contribution < 1.29 is 27.5 Å². The number of amides is 1. The lowest BCUT2D eigenvalue weighted by Gasteiger charge is -2.22. The van der Waals surface area contributed by atoms with Crippen LogP contribution in [-0.4, -0.2) is 42.4 Å². The molecule has 0 saturated carbocycles. The van der Waals surface area contributed by atoms with Crippen LogP contribution in [0.15, 0.2) is 5.10 Å². The Labute approximate surface area is 102 Å². The van der Waals surface area contributed by atoms with E-state index in [1.807, 2.05) is 0 Å². The van der Waals surface area contributed by atoms with Crippen LogP contribution < -0.4 is 0 Å². The maximum absolute atomic E-state index is 12.0. The van der Waals surface area contributed by atoms with Gasteiger partial charge in [-0.25, -0.2) is 9.80 Å². The van der Waals surface area contributed by atoms with Gasteiger partial charge in [0.15, 0.2) is 0 Å². The molecule has 0 aliphatic carbocycles. The minimum Gasteiger partial charge on any atom is -0.464 e. The largest absolute Gasteiger partial charge is 0.464 e. The van der Waals surface area contributed by atoms with Crippen LogP contribution in [0.1, 0.15) is 25.7 Å². The van der Waals surface area contributed by atoms with E-state index in [4.69, 9.17) is 0 Å². The fourth-order valence-corrected chi connectivity index (χ4v) is 1.47. The Morgan fingerprint density at radius 1 is 1.44 bits per heavy atom. The highest BCUT2D eigenvalue weighted by Crippen LogP contribution is 2.22. The Morgan fingerprint density at radius 3 is 2.67 bits per heavy atom. The number of ether oxygens (including phenoxy) is 1. The van der Waals surface area contributed by atoms with Gasteiger partial charge in [-0.2, -0.15) is 18.3 Å². The molecule has 1 amide bonds. The first-order valence-electron chi connectivity index (χ1n) is 5.36. The van der Waals surface area contributed by atoms with Crippen LogP contribution in [0.4, 0.5) is 13.2 Å². The first-order valence-corrected chi connectivity index (χ1v) is 5.36. The second kappa shape index (κ2) is 5.83. The molecule has 1 aliphatic rings. The molecule has 0 spiro atoms. The van der Waals surface area contributed by atoms with Crippen molar-refractivity contribution in [3.8, 4) is 0 Å². The van der Waals surface area contributed by atoms with Crippen molar-refractivity contribution in [2.45, 2.75) is 31.9 Å². The maximum atomic E-state index is 12.0. The zero-order valence-electron chi connectivity index (χ0n) is 9.79. The molecule has 0 aromatic carbocycles. The fourth-order valence-electron chi connectivity index (χ4n) is 1.47. The summed E-state index contributed by atoms with van der Waals surface area (Å²) in [7, 11) is 1.18. The molecule has 0 aromatic rings. The standard InChI is InChI=1S/C10H13F3N2O3/c1-18-9(17)7-3-4-8(16)15(14-7)6-2-5-10(11,12)13/h2-6H2,1H3. The number of carbonyl (C=O) groups excluding carboxylic acids is 2. The van der Waals surface area contributed by atoms with Gasteiger partial charge in [0.2, 0.25) is 5.91 Å². The Hall–Kier alpha value is -1.60. The highest BCUT2D eigenvalue weighted by atomic mass is 19.4. The average molecular weight is 266 g/mol. The molecule has 0 atom stereocenters. The third-order valence-corrected chi connectivity index (χ3v) is 2.36. The number of rotatable bonds is 4. The van der Waals surface area contributed by atoms with E-state index in [-0.39, 0.29) is 37.4 Å². The zero-order chi connectivity index (χ0) is 13.8. The molecule has 0 unspecified atom stereocenters. The summed E-state index contributed by atoms with van der Waals surface area (Å²) < 4.78 is 40.3. The van der Waals surface area contributed by atoms with Gasteiger partial charge in [-0.05, 0) is 6.42 Å². The van der Waals surface area contributed by atoms with E-state index in [9.17, 15) is 22.8 Å². The summed E-state index contributed by atoms with van der Waals surface area (Å²) in [6, 6.07) is 0. The molecule has 0 radical (unpaired) electrons. The predicted octanol–water partition coefficient (Wildman–Crippen LogP) is 1.48. The van der Waals surface area contributed by atoms with Gasteiger partial charge in [-0.3, -0.25) is 4.79 Å². The summed E-state index contributed by atoms with van der Waals surface area (Å²) in [6.07, 6.45) is -5.28. The normalized spacial score (nSPS) is 16.6. The van der Waals surface area contributed by atoms with Gasteiger partial charge in [0.05, 0.1) is 7.11 Å². The number of halogens is 3. The third kappa shape index (κ3) is 4.34. The number of hydrazone groups is 1. The van der Waals surface area contributed by atoms with E-state index in [2.05, 4.69) is 9.84 Å². The molecule has 0 fully saturated rings. The molecule has 0 bridgehead atoms. The third-order valence-electron chi connectivity index (χ3n) is 2.36. The van der Waals surface area contributed by atoms with Crippen molar-refractivity contribution in [3.63, 3.8) is 0 Å². The van der Waals surface area contributed by atoms with E-state index in [0.29, 0.717) is 0 Å². The molecule has 1 aliphatic heterocycles. The number of alkyl halides is 3. The van der Waals surface area contributed by atoms with E-state index >= 15 is 0 Å². The van der Waals surface area contributed by atoms with E-state index in [1.165, 1.54) is 7.11 Å². The first kappa shape index (κ1) is 14.5. The van der Waals surface area contributed by atoms with Crippen molar-refractivity contribution in [2.75, 3.05) is 13.7 Å². The molecule has 102 valence electrons. The van der Waals surface area contributed by atoms with Crippen molar-refractivity contribution in [1.82, 2.24) is 5.01 Å². The monoisotopic (exact) mass is 266 g/mol. The SMILES string of the molecule is COC(=O)C1=NN(CCCC(F)(F)F)C(=O)CC1. The topological polar surface area (TPSA) is 59.0 Å². The molecule has 8 heteroatoms. The average Bonchev–Trinajstić information content (AvgIpc) is 2.29. The van der Waals surface area contributed by atoms with Crippen LogP contribution in [0.3, 0.4) is 0 Å². The number of hydrogen-bond acceptors (Lipinski definition) is 4. The van der Waals surface area contributed by atoms with Crippen LogP contribution >= 0.6 is 0 Å². The van der Waals surface area contributed by atoms with Crippen LogP contribution in [0.5, 0.6) is 0 Å². The lowest BCUT2D eigenvalue weighted by atomic mass is 10.1. The van der Waals surface area contributed by atoms with Gasteiger partial charge in [0, 0.05) is 25.8 Å². The van der Waals surface area contributed by atoms with Gasteiger partial charge >= 0.3 is 12.1 Å².